The van der Waals surface area contributed by atoms with E-state index >= 15 is 0 Å². The van der Waals surface area contributed by atoms with Gasteiger partial charge in [0.25, 0.3) is 5.91 Å². The Bertz CT molecular complexity index is 697. The molecule has 0 aliphatic heterocycles. The van der Waals surface area contributed by atoms with Crippen LogP contribution in [0.3, 0.4) is 0 Å². The monoisotopic (exact) mass is 319 g/mol. The van der Waals surface area contributed by atoms with Crippen molar-refractivity contribution in [3.05, 3.63) is 45.2 Å². The standard InChI is InChI=1S/C15H17N3O3S/c1-3-13-18-10(8-22-13)6-7-16-14(19)12-5-4-11(15(20)21)9(2)17-12/h4-5,8H,3,6-7H2,1-2H3,(H,16,19)(H,20,21). The van der Waals surface area contributed by atoms with Crippen LogP contribution < -0.4 is 5.32 Å². The second kappa shape index (κ2) is 7.13. The van der Waals surface area contributed by atoms with Crippen LogP contribution in [-0.4, -0.2) is 33.5 Å². The lowest BCUT2D eigenvalue weighted by Crippen LogP contribution is -2.27. The van der Waals surface area contributed by atoms with Gasteiger partial charge in [0.05, 0.1) is 22.0 Å². The van der Waals surface area contributed by atoms with E-state index in [1.165, 1.54) is 12.1 Å². The lowest BCUT2D eigenvalue weighted by molar-refractivity contribution is 0.0694. The SMILES string of the molecule is CCc1nc(CCNC(=O)c2ccc(C(=O)O)c(C)n2)cs1. The Kier molecular flexibility index (Phi) is 5.21. The molecule has 0 spiro atoms. The van der Waals surface area contributed by atoms with Crippen molar-refractivity contribution in [2.24, 2.45) is 0 Å². The summed E-state index contributed by atoms with van der Waals surface area (Å²) in [6.07, 6.45) is 1.57. The number of aromatic carboxylic acids is 1. The minimum Gasteiger partial charge on any atom is -0.478 e. The number of carboxylic acid groups (broad SMARTS) is 1. The van der Waals surface area contributed by atoms with Crippen molar-refractivity contribution in [3.8, 4) is 0 Å². The van der Waals surface area contributed by atoms with Gasteiger partial charge in [-0.3, -0.25) is 4.79 Å². The number of hydrogen-bond donors (Lipinski definition) is 2. The van der Waals surface area contributed by atoms with Gasteiger partial charge in [0.2, 0.25) is 0 Å². The topological polar surface area (TPSA) is 92.2 Å². The van der Waals surface area contributed by atoms with Gasteiger partial charge < -0.3 is 10.4 Å². The number of nitrogens with one attached hydrogen (secondary N) is 1. The highest BCUT2D eigenvalue weighted by Gasteiger charge is 2.12. The number of carbonyl (C=O) groups is 2. The number of carbonyl (C=O) groups excluding carboxylic acids is 1. The molecular weight excluding hydrogens is 302 g/mol. The molecule has 6 nitrogen and oxygen atoms in total. The van der Waals surface area contributed by atoms with E-state index < -0.39 is 5.97 Å². The van der Waals surface area contributed by atoms with Gasteiger partial charge in [0.15, 0.2) is 0 Å². The average molecular weight is 319 g/mol. The van der Waals surface area contributed by atoms with Crippen LogP contribution in [0.25, 0.3) is 0 Å². The summed E-state index contributed by atoms with van der Waals surface area (Å²) in [7, 11) is 0. The molecule has 0 unspecified atom stereocenters. The number of rotatable bonds is 6. The molecule has 1 amide bonds. The number of hydrogen-bond acceptors (Lipinski definition) is 5. The van der Waals surface area contributed by atoms with Crippen LogP contribution in [0.2, 0.25) is 0 Å². The molecule has 2 aromatic heterocycles. The van der Waals surface area contributed by atoms with Crippen molar-refractivity contribution in [1.29, 1.82) is 0 Å². The van der Waals surface area contributed by atoms with Crippen LogP contribution >= 0.6 is 11.3 Å². The van der Waals surface area contributed by atoms with E-state index in [2.05, 4.69) is 22.2 Å². The van der Waals surface area contributed by atoms with Crippen LogP contribution in [-0.2, 0) is 12.8 Å². The molecule has 0 saturated carbocycles. The smallest absolute Gasteiger partial charge is 0.337 e. The molecule has 0 aliphatic rings. The molecule has 116 valence electrons. The molecule has 0 aromatic carbocycles. The van der Waals surface area contributed by atoms with Gasteiger partial charge in [-0.2, -0.15) is 0 Å². The van der Waals surface area contributed by atoms with Crippen molar-refractivity contribution in [3.63, 3.8) is 0 Å². The predicted octanol–water partition coefficient (Wildman–Crippen LogP) is 2.08. The number of aryl methyl sites for hydroxylation is 2. The number of nitrogens with zero attached hydrogens (tertiary/aromatic N) is 2. The fourth-order valence-corrected chi connectivity index (χ4v) is 2.71. The van der Waals surface area contributed by atoms with Crippen LogP contribution in [0.15, 0.2) is 17.5 Å². The highest BCUT2D eigenvalue weighted by Crippen LogP contribution is 2.10. The van der Waals surface area contributed by atoms with Gasteiger partial charge in [-0.1, -0.05) is 6.92 Å². The van der Waals surface area contributed by atoms with Crippen LogP contribution in [0, 0.1) is 6.92 Å². The van der Waals surface area contributed by atoms with E-state index in [4.69, 9.17) is 5.11 Å². The summed E-state index contributed by atoms with van der Waals surface area (Å²) in [5.41, 5.74) is 1.61. The van der Waals surface area contributed by atoms with Crippen molar-refractivity contribution < 1.29 is 14.7 Å². The first-order valence-electron chi connectivity index (χ1n) is 6.93. The second-order valence-corrected chi connectivity index (χ2v) is 5.67. The van der Waals surface area contributed by atoms with E-state index in [9.17, 15) is 9.59 Å². The lowest BCUT2D eigenvalue weighted by atomic mass is 10.2. The zero-order chi connectivity index (χ0) is 16.1. The summed E-state index contributed by atoms with van der Waals surface area (Å²) in [5, 5.41) is 14.8. The first-order valence-corrected chi connectivity index (χ1v) is 7.81. The van der Waals surface area contributed by atoms with E-state index in [0.29, 0.717) is 18.7 Å². The van der Waals surface area contributed by atoms with Crippen molar-refractivity contribution in [2.75, 3.05) is 6.54 Å². The highest BCUT2D eigenvalue weighted by molar-refractivity contribution is 7.09. The normalized spacial score (nSPS) is 10.5. The Morgan fingerprint density at radius 1 is 1.32 bits per heavy atom. The number of carboxylic acids is 1. The maximum absolute atomic E-state index is 12.0. The molecule has 2 heterocycles. The third-order valence-electron chi connectivity index (χ3n) is 3.12. The summed E-state index contributed by atoms with van der Waals surface area (Å²) in [5.74, 6) is -1.36. The zero-order valence-corrected chi connectivity index (χ0v) is 13.2. The van der Waals surface area contributed by atoms with Crippen molar-refractivity contribution in [2.45, 2.75) is 26.7 Å². The summed E-state index contributed by atoms with van der Waals surface area (Å²) in [4.78, 5) is 31.4. The molecule has 0 bridgehead atoms. The fraction of sp³-hybridized carbons (Fsp3) is 0.333. The van der Waals surface area contributed by atoms with Gasteiger partial charge >= 0.3 is 5.97 Å². The first kappa shape index (κ1) is 16.1. The Morgan fingerprint density at radius 3 is 2.68 bits per heavy atom. The molecule has 22 heavy (non-hydrogen) atoms. The third-order valence-corrected chi connectivity index (χ3v) is 4.16. The Hall–Kier alpha value is -2.28. The third kappa shape index (κ3) is 3.88. The van der Waals surface area contributed by atoms with Gasteiger partial charge in [0, 0.05) is 18.3 Å². The molecule has 2 aromatic rings. The Labute approximate surface area is 132 Å². The highest BCUT2D eigenvalue weighted by atomic mass is 32.1. The Morgan fingerprint density at radius 2 is 2.09 bits per heavy atom. The minimum atomic E-state index is -1.05. The lowest BCUT2D eigenvalue weighted by Gasteiger charge is -2.06. The van der Waals surface area contributed by atoms with E-state index in [1.54, 1.807) is 18.3 Å². The summed E-state index contributed by atoms with van der Waals surface area (Å²) >= 11 is 1.62. The van der Waals surface area contributed by atoms with E-state index in [1.807, 2.05) is 5.38 Å². The number of pyridine rings is 1. The Balaban J connectivity index is 1.92. The number of amides is 1. The van der Waals surface area contributed by atoms with E-state index in [0.717, 1.165) is 17.1 Å². The van der Waals surface area contributed by atoms with Gasteiger partial charge in [-0.15, -0.1) is 11.3 Å². The number of aromatic nitrogens is 2. The van der Waals surface area contributed by atoms with Gasteiger partial charge in [0.1, 0.15) is 5.69 Å². The molecule has 2 N–H and O–H groups in total. The molecule has 0 atom stereocenters. The minimum absolute atomic E-state index is 0.103. The first-order chi connectivity index (χ1) is 10.5. The van der Waals surface area contributed by atoms with Crippen LogP contribution in [0.1, 0.15) is 44.2 Å². The molecule has 0 fully saturated rings. The molecule has 0 radical (unpaired) electrons. The van der Waals surface area contributed by atoms with Gasteiger partial charge in [-0.05, 0) is 25.5 Å². The quantitative estimate of drug-likeness (QED) is 0.850. The molecule has 7 heteroatoms. The largest absolute Gasteiger partial charge is 0.478 e. The fourth-order valence-electron chi connectivity index (χ4n) is 1.93. The molecule has 0 aliphatic carbocycles. The average Bonchev–Trinajstić information content (AvgIpc) is 2.94. The number of thiazole rings is 1. The predicted molar refractivity (Wildman–Crippen MR) is 83.5 cm³/mol. The zero-order valence-electron chi connectivity index (χ0n) is 12.4. The molecular formula is C15H17N3O3S. The van der Waals surface area contributed by atoms with Gasteiger partial charge in [-0.25, -0.2) is 14.8 Å². The molecule has 0 saturated heterocycles. The van der Waals surface area contributed by atoms with E-state index in [-0.39, 0.29) is 17.2 Å². The van der Waals surface area contributed by atoms with Crippen LogP contribution in [0.5, 0.6) is 0 Å². The van der Waals surface area contributed by atoms with Crippen LogP contribution in [0.4, 0.5) is 0 Å². The van der Waals surface area contributed by atoms with Crippen molar-refractivity contribution >= 4 is 23.2 Å². The maximum Gasteiger partial charge on any atom is 0.337 e. The van der Waals surface area contributed by atoms with Crippen molar-refractivity contribution in [1.82, 2.24) is 15.3 Å². The summed E-state index contributed by atoms with van der Waals surface area (Å²) in [6.45, 7) is 4.09. The summed E-state index contributed by atoms with van der Waals surface area (Å²) in [6, 6.07) is 2.82. The maximum atomic E-state index is 12.0. The second-order valence-electron chi connectivity index (χ2n) is 4.73. The molecule has 2 rings (SSSR count). The summed E-state index contributed by atoms with van der Waals surface area (Å²) < 4.78 is 0.